The van der Waals surface area contributed by atoms with Crippen LogP contribution in [0.25, 0.3) is 22.1 Å². The molecule has 5 aromatic rings. The molecule has 6 nitrogen and oxygen atoms in total. The molecule has 26 heavy (non-hydrogen) atoms. The summed E-state index contributed by atoms with van der Waals surface area (Å²) in [5.41, 5.74) is 5.99. The predicted octanol–water partition coefficient (Wildman–Crippen LogP) is 3.27. The van der Waals surface area contributed by atoms with E-state index in [1.54, 1.807) is 9.59 Å². The first-order chi connectivity index (χ1) is 12.8. The Balaban J connectivity index is 1.33. The van der Waals surface area contributed by atoms with Gasteiger partial charge in [0.1, 0.15) is 22.1 Å². The van der Waals surface area contributed by atoms with Gasteiger partial charge in [-0.15, -0.1) is 0 Å². The first-order valence-electron chi connectivity index (χ1n) is 8.51. The molecule has 0 aliphatic heterocycles. The molecule has 126 valence electrons. The summed E-state index contributed by atoms with van der Waals surface area (Å²) < 4.78 is 0. The molecular weight excluding hydrogens is 324 g/mol. The van der Waals surface area contributed by atoms with Gasteiger partial charge in [-0.05, 0) is 35.4 Å². The molecule has 0 aliphatic rings. The largest absolute Gasteiger partial charge is 0.179 e. The second-order valence-electron chi connectivity index (χ2n) is 6.25. The van der Waals surface area contributed by atoms with Crippen LogP contribution in [0, 0.1) is 0 Å². The number of hydrogen-bond donors (Lipinski definition) is 0. The van der Waals surface area contributed by atoms with Gasteiger partial charge >= 0.3 is 0 Å². The lowest BCUT2D eigenvalue weighted by Gasteiger charge is -2.03. The highest BCUT2D eigenvalue weighted by Gasteiger charge is 2.05. The summed E-state index contributed by atoms with van der Waals surface area (Å²) in [7, 11) is 0. The van der Waals surface area contributed by atoms with Gasteiger partial charge in [0.2, 0.25) is 0 Å². The van der Waals surface area contributed by atoms with Crippen molar-refractivity contribution in [3.05, 3.63) is 83.9 Å². The molecule has 0 N–H and O–H groups in total. The van der Waals surface area contributed by atoms with Crippen LogP contribution in [0.5, 0.6) is 0 Å². The first-order valence-corrected chi connectivity index (χ1v) is 8.51. The number of nitrogens with zero attached hydrogens (tertiary/aromatic N) is 6. The minimum absolute atomic E-state index is 0.652. The van der Waals surface area contributed by atoms with Gasteiger partial charge in [0, 0.05) is 0 Å². The van der Waals surface area contributed by atoms with Crippen LogP contribution in [-0.2, 0) is 13.1 Å². The molecule has 0 radical (unpaired) electrons. The zero-order valence-corrected chi connectivity index (χ0v) is 14.0. The lowest BCUT2D eigenvalue weighted by atomic mass is 10.1. The zero-order valence-electron chi connectivity index (χ0n) is 14.0. The Morgan fingerprint density at radius 3 is 1.08 bits per heavy atom. The van der Waals surface area contributed by atoms with Gasteiger partial charge in [-0.3, -0.25) is 0 Å². The summed E-state index contributed by atoms with van der Waals surface area (Å²) >= 11 is 0. The molecule has 0 aliphatic carbocycles. The molecule has 0 atom stereocenters. The molecule has 0 amide bonds. The van der Waals surface area contributed by atoms with Crippen molar-refractivity contribution >= 4 is 22.1 Å². The van der Waals surface area contributed by atoms with E-state index in [-0.39, 0.29) is 0 Å². The fraction of sp³-hybridized carbons (Fsp3) is 0.100. The van der Waals surface area contributed by atoms with Crippen molar-refractivity contribution in [2.24, 2.45) is 0 Å². The third-order valence-electron chi connectivity index (χ3n) is 4.33. The van der Waals surface area contributed by atoms with Gasteiger partial charge in [0.25, 0.3) is 0 Å². The van der Waals surface area contributed by atoms with Crippen molar-refractivity contribution < 1.29 is 0 Å². The molecule has 0 saturated carbocycles. The standard InChI is InChI=1S/C20H16N6/c1-2-6-18-17(5-1)21-25(22-18)13-15-9-11-16(12-10-15)14-26-23-19-7-3-4-8-20(19)24-26/h1-12H,13-14H2. The van der Waals surface area contributed by atoms with Crippen LogP contribution in [0.1, 0.15) is 11.1 Å². The Morgan fingerprint density at radius 2 is 0.769 bits per heavy atom. The third kappa shape index (κ3) is 2.82. The molecule has 2 heterocycles. The molecule has 3 aromatic carbocycles. The lowest BCUT2D eigenvalue weighted by molar-refractivity contribution is 0.594. The summed E-state index contributed by atoms with van der Waals surface area (Å²) in [6.07, 6.45) is 0. The van der Waals surface area contributed by atoms with Gasteiger partial charge in [0.15, 0.2) is 0 Å². The highest BCUT2D eigenvalue weighted by atomic mass is 15.5. The number of fused-ring (bicyclic) bond motifs is 2. The van der Waals surface area contributed by atoms with Crippen molar-refractivity contribution in [1.82, 2.24) is 30.0 Å². The monoisotopic (exact) mass is 340 g/mol. The van der Waals surface area contributed by atoms with E-state index in [4.69, 9.17) is 0 Å². The van der Waals surface area contributed by atoms with E-state index in [2.05, 4.69) is 44.7 Å². The summed E-state index contributed by atoms with van der Waals surface area (Å²) in [5, 5.41) is 18.0. The molecule has 6 heteroatoms. The average molecular weight is 340 g/mol. The Bertz CT molecular complexity index is 1020. The number of benzene rings is 3. The van der Waals surface area contributed by atoms with Crippen LogP contribution >= 0.6 is 0 Å². The summed E-state index contributed by atoms with van der Waals surface area (Å²) in [6.45, 7) is 1.30. The lowest BCUT2D eigenvalue weighted by Crippen LogP contribution is -2.05. The van der Waals surface area contributed by atoms with Gasteiger partial charge in [-0.2, -0.15) is 30.0 Å². The minimum Gasteiger partial charge on any atom is -0.179 e. The molecule has 0 saturated heterocycles. The first kappa shape index (κ1) is 14.8. The van der Waals surface area contributed by atoms with Crippen LogP contribution in [0.15, 0.2) is 72.8 Å². The maximum absolute atomic E-state index is 4.50. The highest BCUT2D eigenvalue weighted by molar-refractivity contribution is 5.73. The molecule has 5 rings (SSSR count). The van der Waals surface area contributed by atoms with Crippen LogP contribution in [0.4, 0.5) is 0 Å². The average Bonchev–Trinajstić information content (AvgIpc) is 3.25. The fourth-order valence-corrected chi connectivity index (χ4v) is 3.03. The van der Waals surface area contributed by atoms with E-state index in [1.165, 1.54) is 0 Å². The molecule has 2 aromatic heterocycles. The Morgan fingerprint density at radius 1 is 0.462 bits per heavy atom. The van der Waals surface area contributed by atoms with Crippen molar-refractivity contribution in [3.8, 4) is 0 Å². The Labute approximate surface area is 149 Å². The maximum Gasteiger partial charge on any atom is 0.113 e. The quantitative estimate of drug-likeness (QED) is 0.504. The van der Waals surface area contributed by atoms with Gasteiger partial charge in [-0.1, -0.05) is 48.5 Å². The second kappa shape index (κ2) is 6.07. The minimum atomic E-state index is 0.652. The summed E-state index contributed by atoms with van der Waals surface area (Å²) in [5.74, 6) is 0. The maximum atomic E-state index is 4.50. The van der Waals surface area contributed by atoms with E-state index in [0.29, 0.717) is 13.1 Å². The SMILES string of the molecule is c1ccc2nn(Cc3ccc(Cn4nc5ccccc5n4)cc3)nc2c1. The Kier molecular flexibility index (Phi) is 3.45. The Hall–Kier alpha value is -3.54. The zero-order chi connectivity index (χ0) is 17.3. The van der Waals surface area contributed by atoms with E-state index >= 15 is 0 Å². The van der Waals surface area contributed by atoms with Crippen molar-refractivity contribution in [1.29, 1.82) is 0 Å². The van der Waals surface area contributed by atoms with E-state index in [0.717, 1.165) is 33.2 Å². The second-order valence-corrected chi connectivity index (χ2v) is 6.25. The predicted molar refractivity (Wildman–Crippen MR) is 99.7 cm³/mol. The fourth-order valence-electron chi connectivity index (χ4n) is 3.03. The molecule has 0 fully saturated rings. The number of rotatable bonds is 4. The normalized spacial score (nSPS) is 11.4. The van der Waals surface area contributed by atoms with E-state index in [9.17, 15) is 0 Å². The van der Waals surface area contributed by atoms with Crippen molar-refractivity contribution in [2.45, 2.75) is 13.1 Å². The van der Waals surface area contributed by atoms with E-state index < -0.39 is 0 Å². The molecule has 0 unspecified atom stereocenters. The van der Waals surface area contributed by atoms with Gasteiger partial charge < -0.3 is 0 Å². The molecule has 0 spiro atoms. The highest BCUT2D eigenvalue weighted by Crippen LogP contribution is 2.12. The van der Waals surface area contributed by atoms with E-state index in [1.807, 2.05) is 48.5 Å². The van der Waals surface area contributed by atoms with Crippen LogP contribution in [0.3, 0.4) is 0 Å². The molecular formula is C20H16N6. The topological polar surface area (TPSA) is 61.4 Å². The van der Waals surface area contributed by atoms with Crippen LogP contribution in [-0.4, -0.2) is 30.0 Å². The number of aromatic nitrogens is 6. The van der Waals surface area contributed by atoms with Crippen LogP contribution in [0.2, 0.25) is 0 Å². The van der Waals surface area contributed by atoms with Crippen molar-refractivity contribution in [3.63, 3.8) is 0 Å². The third-order valence-corrected chi connectivity index (χ3v) is 4.33. The van der Waals surface area contributed by atoms with Gasteiger partial charge in [0.05, 0.1) is 13.1 Å². The molecule has 0 bridgehead atoms. The number of hydrogen-bond acceptors (Lipinski definition) is 4. The summed E-state index contributed by atoms with van der Waals surface area (Å²) in [6, 6.07) is 24.2. The van der Waals surface area contributed by atoms with Crippen LogP contribution < -0.4 is 0 Å². The summed E-state index contributed by atoms with van der Waals surface area (Å²) in [4.78, 5) is 3.48. The van der Waals surface area contributed by atoms with Gasteiger partial charge in [-0.25, -0.2) is 0 Å². The smallest absolute Gasteiger partial charge is 0.113 e. The van der Waals surface area contributed by atoms with Crippen molar-refractivity contribution in [2.75, 3.05) is 0 Å².